The van der Waals surface area contributed by atoms with E-state index in [1.165, 1.54) is 36.3 Å². The van der Waals surface area contributed by atoms with Gasteiger partial charge in [-0.25, -0.2) is 9.97 Å². The monoisotopic (exact) mass is 411 g/mol. The molecule has 152 valence electrons. The molecule has 0 unspecified atom stereocenters. The summed E-state index contributed by atoms with van der Waals surface area (Å²) in [4.78, 5) is 22.6. The molecular weight excluding hydrogens is 386 g/mol. The number of benzene rings is 1. The lowest BCUT2D eigenvalue weighted by atomic mass is 10.0. The van der Waals surface area contributed by atoms with Crippen molar-refractivity contribution in [3.8, 4) is 17.1 Å². The van der Waals surface area contributed by atoms with Crippen molar-refractivity contribution in [2.75, 3.05) is 12.4 Å². The summed E-state index contributed by atoms with van der Waals surface area (Å²) < 4.78 is 11.0. The molecule has 1 aliphatic rings. The van der Waals surface area contributed by atoms with Crippen molar-refractivity contribution in [1.29, 1.82) is 0 Å². The van der Waals surface area contributed by atoms with E-state index < -0.39 is 0 Å². The molecule has 29 heavy (non-hydrogen) atoms. The van der Waals surface area contributed by atoms with Gasteiger partial charge < -0.3 is 14.5 Å². The third-order valence-corrected chi connectivity index (χ3v) is 6.16. The van der Waals surface area contributed by atoms with Crippen LogP contribution in [0.2, 0.25) is 0 Å². The number of carbonyl (C=O) groups is 1. The molecule has 0 saturated heterocycles. The molecule has 1 N–H and O–H groups in total. The van der Waals surface area contributed by atoms with E-state index in [9.17, 15) is 4.79 Å². The maximum Gasteiger partial charge on any atom is 0.226 e. The van der Waals surface area contributed by atoms with E-state index in [1.54, 1.807) is 24.6 Å². The first-order valence-corrected chi connectivity index (χ1v) is 10.9. The Labute approximate surface area is 174 Å². The molecule has 0 atom stereocenters. The third kappa shape index (κ3) is 5.03. The standard InChI is InChI=1S/C22H25N3O3S/c1-27-16-10-8-15(9-11-16)18-14-23-21(28-18)13-12-20(26)25-22-24-17-6-4-2-3-5-7-19(17)29-22/h8-11,14H,2-7,12-13H2,1H3,(H,24,25,26). The minimum atomic E-state index is -0.0593. The van der Waals surface area contributed by atoms with Crippen LogP contribution in [0, 0.1) is 0 Å². The second kappa shape index (κ2) is 9.22. The molecule has 0 saturated carbocycles. The second-order valence-electron chi connectivity index (χ2n) is 7.20. The maximum absolute atomic E-state index is 12.4. The number of aromatic nitrogens is 2. The largest absolute Gasteiger partial charge is 0.497 e. The first-order valence-electron chi connectivity index (χ1n) is 10.1. The van der Waals surface area contributed by atoms with E-state index in [1.807, 2.05) is 24.3 Å². The molecule has 0 radical (unpaired) electrons. The van der Waals surface area contributed by atoms with E-state index in [4.69, 9.17) is 9.15 Å². The first kappa shape index (κ1) is 19.6. The van der Waals surface area contributed by atoms with Crippen molar-refractivity contribution in [3.05, 3.63) is 46.9 Å². The van der Waals surface area contributed by atoms with Crippen LogP contribution >= 0.6 is 11.3 Å². The van der Waals surface area contributed by atoms with Crippen molar-refractivity contribution in [1.82, 2.24) is 9.97 Å². The average molecular weight is 412 g/mol. The van der Waals surface area contributed by atoms with E-state index in [0.717, 1.165) is 24.2 Å². The summed E-state index contributed by atoms with van der Waals surface area (Å²) in [5.41, 5.74) is 2.09. The minimum absolute atomic E-state index is 0.0593. The van der Waals surface area contributed by atoms with E-state index >= 15 is 0 Å². The predicted octanol–water partition coefficient (Wildman–Crippen LogP) is 5.04. The molecule has 2 heterocycles. The number of thiazole rings is 1. The van der Waals surface area contributed by atoms with Crippen molar-refractivity contribution >= 4 is 22.4 Å². The Morgan fingerprint density at radius 3 is 2.76 bits per heavy atom. The normalized spacial score (nSPS) is 14.0. The van der Waals surface area contributed by atoms with Gasteiger partial charge in [0, 0.05) is 23.3 Å². The van der Waals surface area contributed by atoms with Gasteiger partial charge in [-0.05, 0) is 49.9 Å². The van der Waals surface area contributed by atoms with Gasteiger partial charge in [0.25, 0.3) is 0 Å². The van der Waals surface area contributed by atoms with E-state index in [-0.39, 0.29) is 5.91 Å². The molecular formula is C22H25N3O3S. The van der Waals surface area contributed by atoms with Gasteiger partial charge in [0.15, 0.2) is 16.8 Å². The van der Waals surface area contributed by atoms with Crippen LogP contribution in [-0.4, -0.2) is 23.0 Å². The van der Waals surface area contributed by atoms with Gasteiger partial charge in [-0.1, -0.05) is 12.8 Å². The lowest BCUT2D eigenvalue weighted by Crippen LogP contribution is -2.12. The molecule has 0 fully saturated rings. The SMILES string of the molecule is COc1ccc(-c2cnc(CCC(=O)Nc3nc4c(s3)CCCCCC4)o2)cc1. The molecule has 1 aliphatic carbocycles. The smallest absolute Gasteiger partial charge is 0.226 e. The van der Waals surface area contributed by atoms with Crippen molar-refractivity contribution in [3.63, 3.8) is 0 Å². The zero-order chi connectivity index (χ0) is 20.1. The highest BCUT2D eigenvalue weighted by Gasteiger charge is 2.15. The third-order valence-electron chi connectivity index (χ3n) is 5.09. The van der Waals surface area contributed by atoms with Gasteiger partial charge in [0.1, 0.15) is 5.75 Å². The van der Waals surface area contributed by atoms with Gasteiger partial charge in [-0.3, -0.25) is 4.79 Å². The molecule has 7 heteroatoms. The van der Waals surface area contributed by atoms with Crippen molar-refractivity contribution in [2.24, 2.45) is 0 Å². The molecule has 0 aliphatic heterocycles. The van der Waals surface area contributed by atoms with Gasteiger partial charge >= 0.3 is 0 Å². The summed E-state index contributed by atoms with van der Waals surface area (Å²) in [5.74, 6) is 1.97. The summed E-state index contributed by atoms with van der Waals surface area (Å²) in [6.45, 7) is 0. The highest BCUT2D eigenvalue weighted by molar-refractivity contribution is 7.15. The van der Waals surface area contributed by atoms with E-state index in [2.05, 4.69) is 15.3 Å². The van der Waals surface area contributed by atoms with Gasteiger partial charge in [0.05, 0.1) is 19.0 Å². The van der Waals surface area contributed by atoms with Crippen molar-refractivity contribution in [2.45, 2.75) is 51.4 Å². The molecule has 0 spiro atoms. The fourth-order valence-corrected chi connectivity index (χ4v) is 4.54. The fourth-order valence-electron chi connectivity index (χ4n) is 3.48. The molecule has 4 rings (SSSR count). The molecule has 0 bridgehead atoms. The molecule has 3 aromatic rings. The van der Waals surface area contributed by atoms with Crippen molar-refractivity contribution < 1.29 is 13.9 Å². The number of amides is 1. The Hall–Kier alpha value is -2.67. The summed E-state index contributed by atoms with van der Waals surface area (Å²) in [6, 6.07) is 7.60. The number of rotatable bonds is 6. The van der Waals surface area contributed by atoms with Crippen LogP contribution < -0.4 is 10.1 Å². The number of methoxy groups -OCH3 is 1. The van der Waals surface area contributed by atoms with Crippen LogP contribution in [0.3, 0.4) is 0 Å². The Bertz CT molecular complexity index is 937. The second-order valence-corrected chi connectivity index (χ2v) is 8.28. The molecule has 1 aromatic carbocycles. The molecule has 6 nitrogen and oxygen atoms in total. The number of anilines is 1. The highest BCUT2D eigenvalue weighted by Crippen LogP contribution is 2.29. The summed E-state index contributed by atoms with van der Waals surface area (Å²) in [6.07, 6.45) is 9.50. The number of aryl methyl sites for hydroxylation is 3. The predicted molar refractivity (Wildman–Crippen MR) is 113 cm³/mol. The van der Waals surface area contributed by atoms with Crippen LogP contribution in [0.5, 0.6) is 5.75 Å². The summed E-state index contributed by atoms with van der Waals surface area (Å²) in [5, 5.41) is 3.66. The van der Waals surface area contributed by atoms with E-state index in [0.29, 0.717) is 29.6 Å². The van der Waals surface area contributed by atoms with Gasteiger partial charge in [-0.2, -0.15) is 0 Å². The number of nitrogens with zero attached hydrogens (tertiary/aromatic N) is 2. The van der Waals surface area contributed by atoms with Crippen LogP contribution in [0.4, 0.5) is 5.13 Å². The quantitative estimate of drug-likeness (QED) is 0.615. The molecule has 2 aromatic heterocycles. The zero-order valence-electron chi connectivity index (χ0n) is 16.6. The number of hydrogen-bond donors (Lipinski definition) is 1. The van der Waals surface area contributed by atoms with Crippen LogP contribution in [-0.2, 0) is 24.1 Å². The van der Waals surface area contributed by atoms with Crippen LogP contribution in [0.15, 0.2) is 34.9 Å². The Morgan fingerprint density at radius 1 is 1.17 bits per heavy atom. The number of hydrogen-bond acceptors (Lipinski definition) is 6. The lowest BCUT2D eigenvalue weighted by Gasteiger charge is -2.06. The number of carbonyl (C=O) groups excluding carboxylic acids is 1. The van der Waals surface area contributed by atoms with Crippen LogP contribution in [0.1, 0.15) is 48.6 Å². The number of fused-ring (bicyclic) bond motifs is 1. The average Bonchev–Trinajstić information content (AvgIpc) is 3.34. The van der Waals surface area contributed by atoms with Crippen LogP contribution in [0.25, 0.3) is 11.3 Å². The lowest BCUT2D eigenvalue weighted by molar-refractivity contribution is -0.116. The number of oxazole rings is 1. The summed E-state index contributed by atoms with van der Waals surface area (Å²) in [7, 11) is 1.64. The maximum atomic E-state index is 12.4. The zero-order valence-corrected chi connectivity index (χ0v) is 17.4. The summed E-state index contributed by atoms with van der Waals surface area (Å²) >= 11 is 1.62. The molecule has 1 amide bonds. The Morgan fingerprint density at radius 2 is 1.97 bits per heavy atom. The minimum Gasteiger partial charge on any atom is -0.497 e. The number of ether oxygens (including phenoxy) is 1. The Balaban J connectivity index is 1.32. The highest BCUT2D eigenvalue weighted by atomic mass is 32.1. The van der Waals surface area contributed by atoms with Gasteiger partial charge in [0.2, 0.25) is 5.91 Å². The van der Waals surface area contributed by atoms with Gasteiger partial charge in [-0.15, -0.1) is 11.3 Å². The first-order chi connectivity index (χ1) is 14.2. The number of nitrogens with one attached hydrogen (secondary N) is 1. The topological polar surface area (TPSA) is 77.2 Å². The fraction of sp³-hybridized carbons (Fsp3) is 0.409. The Kier molecular flexibility index (Phi) is 6.24.